The third kappa shape index (κ3) is 3.09. The number of carbonyl (C=O) groups excluding carboxylic acids is 1. The molecule has 0 aliphatic carbocycles. The second-order valence-electron chi connectivity index (χ2n) is 5.32. The second kappa shape index (κ2) is 6.51. The van der Waals surface area contributed by atoms with Crippen LogP contribution in [0, 0.1) is 0 Å². The van der Waals surface area contributed by atoms with Crippen molar-refractivity contribution in [1.29, 1.82) is 0 Å². The summed E-state index contributed by atoms with van der Waals surface area (Å²) < 4.78 is 7.00. The molecule has 1 amide bonds. The number of tetrazole rings is 1. The SMILES string of the molecule is O=C(NCCCc1nc2ccccc2o1)c1cn[nH]c1-n1cnnn1. The largest absolute Gasteiger partial charge is 0.441 e. The lowest BCUT2D eigenvalue weighted by atomic mass is 10.2. The van der Waals surface area contributed by atoms with E-state index >= 15 is 0 Å². The quantitative estimate of drug-likeness (QED) is 0.500. The van der Waals surface area contributed by atoms with E-state index in [9.17, 15) is 4.79 Å². The summed E-state index contributed by atoms with van der Waals surface area (Å²) in [7, 11) is 0. The van der Waals surface area contributed by atoms with E-state index in [4.69, 9.17) is 4.42 Å². The smallest absolute Gasteiger partial charge is 0.256 e. The number of nitrogens with zero attached hydrogens (tertiary/aromatic N) is 6. The first-order valence-corrected chi connectivity index (χ1v) is 7.70. The molecule has 0 fully saturated rings. The van der Waals surface area contributed by atoms with E-state index < -0.39 is 0 Å². The molecule has 25 heavy (non-hydrogen) atoms. The van der Waals surface area contributed by atoms with E-state index in [-0.39, 0.29) is 5.91 Å². The van der Waals surface area contributed by atoms with Crippen LogP contribution in [0.2, 0.25) is 0 Å². The zero-order chi connectivity index (χ0) is 17.1. The highest BCUT2D eigenvalue weighted by Crippen LogP contribution is 2.15. The van der Waals surface area contributed by atoms with Crippen LogP contribution in [0.5, 0.6) is 0 Å². The molecule has 10 heteroatoms. The van der Waals surface area contributed by atoms with Gasteiger partial charge in [0.15, 0.2) is 17.3 Å². The van der Waals surface area contributed by atoms with Crippen LogP contribution < -0.4 is 5.32 Å². The predicted molar refractivity (Wildman–Crippen MR) is 86.0 cm³/mol. The number of rotatable bonds is 6. The Morgan fingerprint density at radius 1 is 1.32 bits per heavy atom. The zero-order valence-corrected chi connectivity index (χ0v) is 13.1. The topological polar surface area (TPSA) is 127 Å². The first kappa shape index (κ1) is 15.0. The monoisotopic (exact) mass is 338 g/mol. The van der Waals surface area contributed by atoms with Crippen molar-refractivity contribution in [3.05, 3.63) is 48.2 Å². The molecule has 1 aromatic carbocycles. The lowest BCUT2D eigenvalue weighted by Gasteiger charge is -2.04. The normalized spacial score (nSPS) is 11.0. The number of hydrogen-bond acceptors (Lipinski definition) is 7. The number of carbonyl (C=O) groups is 1. The van der Waals surface area contributed by atoms with Crippen LogP contribution in [-0.4, -0.2) is 47.8 Å². The summed E-state index contributed by atoms with van der Waals surface area (Å²) in [6, 6.07) is 7.61. The van der Waals surface area contributed by atoms with Crippen molar-refractivity contribution in [2.45, 2.75) is 12.8 Å². The molecular formula is C15H14N8O2. The fourth-order valence-corrected chi connectivity index (χ4v) is 2.45. The summed E-state index contributed by atoms with van der Waals surface area (Å²) in [6.45, 7) is 0.484. The van der Waals surface area contributed by atoms with Crippen LogP contribution in [-0.2, 0) is 6.42 Å². The number of hydrogen-bond donors (Lipinski definition) is 2. The fraction of sp³-hybridized carbons (Fsp3) is 0.200. The Kier molecular flexibility index (Phi) is 3.91. The number of aromatic amines is 1. The van der Waals surface area contributed by atoms with Gasteiger partial charge in [0.05, 0.1) is 6.20 Å². The zero-order valence-electron chi connectivity index (χ0n) is 13.1. The van der Waals surface area contributed by atoms with Gasteiger partial charge in [-0.2, -0.15) is 9.78 Å². The minimum atomic E-state index is -0.253. The van der Waals surface area contributed by atoms with Gasteiger partial charge in [-0.25, -0.2) is 4.98 Å². The van der Waals surface area contributed by atoms with Gasteiger partial charge in [-0.3, -0.25) is 9.89 Å². The molecule has 3 heterocycles. The number of fused-ring (bicyclic) bond motifs is 1. The molecule has 0 radical (unpaired) electrons. The minimum absolute atomic E-state index is 0.253. The number of nitrogens with one attached hydrogen (secondary N) is 2. The Morgan fingerprint density at radius 3 is 3.08 bits per heavy atom. The third-order valence-electron chi connectivity index (χ3n) is 3.63. The predicted octanol–water partition coefficient (Wildman–Crippen LogP) is 0.889. The van der Waals surface area contributed by atoms with E-state index in [1.807, 2.05) is 24.3 Å². The van der Waals surface area contributed by atoms with Crippen molar-refractivity contribution < 1.29 is 9.21 Å². The number of benzene rings is 1. The molecule has 0 saturated heterocycles. The Bertz CT molecular complexity index is 955. The molecule has 2 N–H and O–H groups in total. The maximum atomic E-state index is 12.3. The Labute approximate surface area is 141 Å². The number of H-pyrrole nitrogens is 1. The van der Waals surface area contributed by atoms with Gasteiger partial charge >= 0.3 is 0 Å². The molecule has 0 aliphatic rings. The maximum absolute atomic E-state index is 12.3. The van der Waals surface area contributed by atoms with Crippen molar-refractivity contribution in [1.82, 2.24) is 40.7 Å². The van der Waals surface area contributed by atoms with Crippen LogP contribution >= 0.6 is 0 Å². The van der Waals surface area contributed by atoms with E-state index in [1.54, 1.807) is 0 Å². The molecule has 0 bridgehead atoms. The molecule has 3 aromatic heterocycles. The average Bonchev–Trinajstić information content (AvgIpc) is 3.37. The lowest BCUT2D eigenvalue weighted by Crippen LogP contribution is -2.25. The molecule has 0 aliphatic heterocycles. The van der Waals surface area contributed by atoms with Crippen LogP contribution in [0.25, 0.3) is 16.9 Å². The standard InChI is InChI=1S/C15H14N8O2/c24-15(10-8-17-20-14(10)23-9-18-21-22-23)16-7-3-6-13-19-11-4-1-2-5-12(11)25-13/h1-2,4-5,8-9H,3,6-7H2,(H,16,24)(H,17,20). The molecule has 4 aromatic rings. The van der Waals surface area contributed by atoms with Crippen molar-refractivity contribution >= 4 is 17.0 Å². The summed E-state index contributed by atoms with van der Waals surface area (Å²) in [6.07, 6.45) is 4.17. The molecule has 4 rings (SSSR count). The lowest BCUT2D eigenvalue weighted by molar-refractivity contribution is 0.0953. The fourth-order valence-electron chi connectivity index (χ4n) is 2.45. The molecule has 0 saturated carbocycles. The van der Waals surface area contributed by atoms with Crippen LogP contribution in [0.15, 0.2) is 41.2 Å². The highest BCUT2D eigenvalue weighted by atomic mass is 16.3. The molecular weight excluding hydrogens is 324 g/mol. The summed E-state index contributed by atoms with van der Waals surface area (Å²) in [5, 5.41) is 20.2. The molecule has 0 atom stereocenters. The molecule has 10 nitrogen and oxygen atoms in total. The summed E-state index contributed by atoms with van der Waals surface area (Å²) in [4.78, 5) is 16.7. The van der Waals surface area contributed by atoms with E-state index in [0.29, 0.717) is 36.7 Å². The Morgan fingerprint density at radius 2 is 2.24 bits per heavy atom. The molecule has 126 valence electrons. The van der Waals surface area contributed by atoms with E-state index in [0.717, 1.165) is 11.1 Å². The van der Waals surface area contributed by atoms with Crippen LogP contribution in [0.1, 0.15) is 22.7 Å². The average molecular weight is 338 g/mol. The van der Waals surface area contributed by atoms with E-state index in [2.05, 4.69) is 36.0 Å². The van der Waals surface area contributed by atoms with Gasteiger partial charge in [0.25, 0.3) is 5.91 Å². The maximum Gasteiger partial charge on any atom is 0.256 e. The molecule has 0 spiro atoms. The number of para-hydroxylation sites is 2. The van der Waals surface area contributed by atoms with Crippen LogP contribution in [0.4, 0.5) is 0 Å². The van der Waals surface area contributed by atoms with Gasteiger partial charge in [-0.05, 0) is 29.0 Å². The number of aromatic nitrogens is 7. The van der Waals surface area contributed by atoms with Gasteiger partial charge in [-0.15, -0.1) is 5.10 Å². The number of amides is 1. The number of aryl methyl sites for hydroxylation is 1. The van der Waals surface area contributed by atoms with E-state index in [1.165, 1.54) is 17.2 Å². The minimum Gasteiger partial charge on any atom is -0.441 e. The highest BCUT2D eigenvalue weighted by molar-refractivity contribution is 5.96. The van der Waals surface area contributed by atoms with Gasteiger partial charge in [-0.1, -0.05) is 12.1 Å². The van der Waals surface area contributed by atoms with Gasteiger partial charge < -0.3 is 9.73 Å². The third-order valence-corrected chi connectivity index (χ3v) is 3.63. The first-order chi connectivity index (χ1) is 12.3. The number of oxazole rings is 1. The van der Waals surface area contributed by atoms with Gasteiger partial charge in [0.2, 0.25) is 0 Å². The van der Waals surface area contributed by atoms with Crippen molar-refractivity contribution in [2.75, 3.05) is 6.54 Å². The summed E-state index contributed by atoms with van der Waals surface area (Å²) in [5.74, 6) is 0.825. The second-order valence-corrected chi connectivity index (χ2v) is 5.32. The van der Waals surface area contributed by atoms with Crippen LogP contribution in [0.3, 0.4) is 0 Å². The highest BCUT2D eigenvalue weighted by Gasteiger charge is 2.15. The van der Waals surface area contributed by atoms with Crippen molar-refractivity contribution in [3.63, 3.8) is 0 Å². The Balaban J connectivity index is 1.33. The summed E-state index contributed by atoms with van der Waals surface area (Å²) in [5.41, 5.74) is 1.98. The Hall–Kier alpha value is -3.56. The van der Waals surface area contributed by atoms with Gasteiger partial charge in [0.1, 0.15) is 17.4 Å². The first-order valence-electron chi connectivity index (χ1n) is 7.70. The molecule has 0 unspecified atom stereocenters. The van der Waals surface area contributed by atoms with Crippen molar-refractivity contribution in [3.8, 4) is 5.82 Å². The van der Waals surface area contributed by atoms with Crippen molar-refractivity contribution in [2.24, 2.45) is 0 Å². The van der Waals surface area contributed by atoms with Gasteiger partial charge in [0, 0.05) is 13.0 Å². The summed E-state index contributed by atoms with van der Waals surface area (Å²) >= 11 is 0.